The van der Waals surface area contributed by atoms with E-state index in [1.165, 1.54) is 6.42 Å². The van der Waals surface area contributed by atoms with Gasteiger partial charge in [0.15, 0.2) is 0 Å². The van der Waals surface area contributed by atoms with Crippen LogP contribution in [0.3, 0.4) is 0 Å². The summed E-state index contributed by atoms with van der Waals surface area (Å²) < 4.78 is 5.93. The Morgan fingerprint density at radius 1 is 1.35 bits per heavy atom. The first-order valence-electron chi connectivity index (χ1n) is 5.79. The molecule has 0 aliphatic rings. The minimum Gasteiger partial charge on any atom is -0.445 e. The van der Waals surface area contributed by atoms with Crippen LogP contribution in [0.25, 0.3) is 0 Å². The van der Waals surface area contributed by atoms with E-state index < -0.39 is 0 Å². The second kappa shape index (κ2) is 10.1. The zero-order chi connectivity index (χ0) is 13.1. The highest BCUT2D eigenvalue weighted by Gasteiger charge is 2.00. The van der Waals surface area contributed by atoms with Gasteiger partial charge in [-0.3, -0.25) is 0 Å². The molecular weight excluding hydrogens is 282 g/mol. The Bertz CT molecular complexity index is 329. The summed E-state index contributed by atoms with van der Waals surface area (Å²) in [7, 11) is 0. The van der Waals surface area contributed by atoms with E-state index in [0.717, 1.165) is 10.0 Å². The minimum atomic E-state index is -0.382. The molecule has 4 heteroatoms. The minimum absolute atomic E-state index is 0.297. The van der Waals surface area contributed by atoms with Gasteiger partial charge in [-0.25, -0.2) is 4.79 Å². The van der Waals surface area contributed by atoms with Crippen LogP contribution >= 0.6 is 15.9 Å². The van der Waals surface area contributed by atoms with Gasteiger partial charge < -0.3 is 10.1 Å². The molecule has 0 heterocycles. The lowest BCUT2D eigenvalue weighted by Gasteiger charge is -2.05. The van der Waals surface area contributed by atoms with Crippen LogP contribution in [0.5, 0.6) is 0 Å². The molecule has 0 radical (unpaired) electrons. The summed E-state index contributed by atoms with van der Waals surface area (Å²) in [4.78, 5) is 11.0. The normalized spacial score (nSPS) is 8.94. The number of rotatable bonds is 3. The third kappa shape index (κ3) is 8.74. The Balaban J connectivity index is 0.000000770. The van der Waals surface area contributed by atoms with Crippen molar-refractivity contribution in [2.75, 3.05) is 6.54 Å². The summed E-state index contributed by atoms with van der Waals surface area (Å²) >= 11 is 3.34. The summed E-state index contributed by atoms with van der Waals surface area (Å²) in [5.41, 5.74) is 0.964. The van der Waals surface area contributed by atoms with Crippen LogP contribution in [0.15, 0.2) is 28.7 Å². The Kier molecular flexibility index (Phi) is 9.53. The number of hydrogen-bond donors (Lipinski definition) is 1. The Morgan fingerprint density at radius 2 is 2.00 bits per heavy atom. The highest BCUT2D eigenvalue weighted by Crippen LogP contribution is 2.12. The first kappa shape index (κ1) is 16.0. The van der Waals surface area contributed by atoms with Crippen LogP contribution in [0.2, 0.25) is 0 Å². The number of ether oxygens (including phenoxy) is 1. The van der Waals surface area contributed by atoms with Gasteiger partial charge in [-0.15, -0.1) is 0 Å². The van der Waals surface area contributed by atoms with Gasteiger partial charge in [-0.1, -0.05) is 48.3 Å². The molecule has 0 saturated heterocycles. The molecule has 0 aromatic heterocycles. The van der Waals surface area contributed by atoms with Crippen molar-refractivity contribution in [3.05, 3.63) is 34.3 Å². The van der Waals surface area contributed by atoms with Gasteiger partial charge in [0.2, 0.25) is 0 Å². The van der Waals surface area contributed by atoms with E-state index in [2.05, 4.69) is 35.1 Å². The molecule has 0 spiro atoms. The molecule has 1 amide bonds. The van der Waals surface area contributed by atoms with E-state index >= 15 is 0 Å². The molecular formula is C13H20BrNO2. The predicted octanol–water partition coefficient (Wildman–Crippen LogP) is 4.11. The topological polar surface area (TPSA) is 38.3 Å². The van der Waals surface area contributed by atoms with Crippen LogP contribution in [0.4, 0.5) is 4.79 Å². The first-order valence-corrected chi connectivity index (χ1v) is 6.58. The number of carbonyl (C=O) groups excluding carboxylic acids is 1. The number of amides is 1. The smallest absolute Gasteiger partial charge is 0.407 e. The monoisotopic (exact) mass is 301 g/mol. The highest BCUT2D eigenvalue weighted by molar-refractivity contribution is 9.10. The number of hydrogen-bond acceptors (Lipinski definition) is 2. The fraction of sp³-hybridized carbons (Fsp3) is 0.462. The van der Waals surface area contributed by atoms with E-state index in [1.807, 2.05) is 31.2 Å². The largest absolute Gasteiger partial charge is 0.445 e. The van der Waals surface area contributed by atoms with Gasteiger partial charge in [0.05, 0.1) is 0 Å². The zero-order valence-electron chi connectivity index (χ0n) is 10.6. The average Bonchev–Trinajstić information content (AvgIpc) is 2.28. The molecule has 0 aliphatic heterocycles. The Morgan fingerprint density at radius 3 is 2.53 bits per heavy atom. The number of halogens is 1. The van der Waals surface area contributed by atoms with Crippen molar-refractivity contribution in [2.24, 2.45) is 0 Å². The summed E-state index contributed by atoms with van der Waals surface area (Å²) in [6.45, 7) is 6.98. The third-order valence-electron chi connectivity index (χ3n) is 1.58. The van der Waals surface area contributed by atoms with Crippen LogP contribution < -0.4 is 5.32 Å². The van der Waals surface area contributed by atoms with Crippen LogP contribution in [-0.2, 0) is 11.3 Å². The van der Waals surface area contributed by atoms with Crippen molar-refractivity contribution >= 4 is 22.0 Å². The van der Waals surface area contributed by atoms with Gasteiger partial charge in [0.1, 0.15) is 6.61 Å². The molecule has 1 aromatic carbocycles. The lowest BCUT2D eigenvalue weighted by atomic mass is 10.2. The van der Waals surface area contributed by atoms with Crippen molar-refractivity contribution < 1.29 is 9.53 Å². The van der Waals surface area contributed by atoms with Crippen molar-refractivity contribution in [1.82, 2.24) is 5.32 Å². The zero-order valence-corrected chi connectivity index (χ0v) is 12.2. The van der Waals surface area contributed by atoms with Crippen molar-refractivity contribution in [2.45, 2.75) is 33.8 Å². The lowest BCUT2D eigenvalue weighted by molar-refractivity contribution is 0.140. The first-order chi connectivity index (χ1) is 8.13. The van der Waals surface area contributed by atoms with Gasteiger partial charge in [0, 0.05) is 11.0 Å². The molecule has 0 fully saturated rings. The molecule has 1 N–H and O–H groups in total. The second-order valence-electron chi connectivity index (χ2n) is 3.44. The van der Waals surface area contributed by atoms with E-state index in [4.69, 9.17) is 4.74 Å². The molecule has 1 aromatic rings. The predicted molar refractivity (Wildman–Crippen MR) is 74.0 cm³/mol. The van der Waals surface area contributed by atoms with E-state index in [1.54, 1.807) is 0 Å². The highest BCUT2D eigenvalue weighted by atomic mass is 79.9. The number of carbonyl (C=O) groups is 1. The molecule has 0 bridgehead atoms. The van der Waals surface area contributed by atoms with Gasteiger partial charge in [-0.2, -0.15) is 0 Å². The quantitative estimate of drug-likeness (QED) is 0.912. The number of nitrogens with one attached hydrogen (secondary N) is 1. The van der Waals surface area contributed by atoms with Crippen LogP contribution in [0, 0.1) is 0 Å². The SMILES string of the molecule is CCC.CCNC(=O)OCc1cccc(Br)c1. The number of alkyl carbamates (subject to hydrolysis) is 1. The van der Waals surface area contributed by atoms with Crippen molar-refractivity contribution in [3.8, 4) is 0 Å². The van der Waals surface area contributed by atoms with Crippen LogP contribution in [-0.4, -0.2) is 12.6 Å². The Hall–Kier alpha value is -1.03. The van der Waals surface area contributed by atoms with Crippen LogP contribution in [0.1, 0.15) is 32.8 Å². The maximum atomic E-state index is 11.0. The van der Waals surface area contributed by atoms with E-state index in [-0.39, 0.29) is 6.09 Å². The van der Waals surface area contributed by atoms with Gasteiger partial charge in [-0.05, 0) is 24.6 Å². The fourth-order valence-electron chi connectivity index (χ4n) is 0.971. The molecule has 0 aliphatic carbocycles. The van der Waals surface area contributed by atoms with Gasteiger partial charge >= 0.3 is 6.09 Å². The van der Waals surface area contributed by atoms with E-state index in [9.17, 15) is 4.79 Å². The molecule has 0 unspecified atom stereocenters. The fourth-order valence-corrected chi connectivity index (χ4v) is 1.42. The van der Waals surface area contributed by atoms with Crippen molar-refractivity contribution in [1.29, 1.82) is 0 Å². The molecule has 0 saturated carbocycles. The maximum absolute atomic E-state index is 11.0. The van der Waals surface area contributed by atoms with E-state index in [0.29, 0.717) is 13.2 Å². The standard InChI is InChI=1S/C10H12BrNO2.C3H8/c1-2-12-10(13)14-7-8-4-3-5-9(11)6-8;1-3-2/h3-6H,2,7H2,1H3,(H,12,13);3H2,1-2H3. The Labute approximate surface area is 112 Å². The molecule has 17 heavy (non-hydrogen) atoms. The van der Waals surface area contributed by atoms with Gasteiger partial charge in [0.25, 0.3) is 0 Å². The average molecular weight is 302 g/mol. The summed E-state index contributed by atoms with van der Waals surface area (Å²) in [6.07, 6.45) is 0.868. The summed E-state index contributed by atoms with van der Waals surface area (Å²) in [5.74, 6) is 0. The maximum Gasteiger partial charge on any atom is 0.407 e. The summed E-state index contributed by atoms with van der Waals surface area (Å²) in [6, 6.07) is 7.65. The number of benzene rings is 1. The molecule has 3 nitrogen and oxygen atoms in total. The summed E-state index contributed by atoms with van der Waals surface area (Å²) in [5, 5.41) is 2.56. The second-order valence-corrected chi connectivity index (χ2v) is 4.36. The third-order valence-corrected chi connectivity index (χ3v) is 2.07. The van der Waals surface area contributed by atoms with Crippen molar-refractivity contribution in [3.63, 3.8) is 0 Å². The molecule has 0 atom stereocenters. The molecule has 1 rings (SSSR count). The lowest BCUT2D eigenvalue weighted by Crippen LogP contribution is -2.23. The molecule has 96 valence electrons.